The van der Waals surface area contributed by atoms with Gasteiger partial charge in [-0.05, 0) is 30.8 Å². The van der Waals surface area contributed by atoms with Crippen LogP contribution in [0.1, 0.15) is 47.3 Å². The minimum atomic E-state index is -0.477. The average molecular weight is 419 g/mol. The highest BCUT2D eigenvalue weighted by atomic mass is 16.2. The molecule has 0 saturated carbocycles. The normalized spacial score (nSPS) is 18.5. The molecule has 1 aliphatic heterocycles. The fourth-order valence-electron chi connectivity index (χ4n) is 4.67. The van der Waals surface area contributed by atoms with Crippen LogP contribution in [0.5, 0.6) is 0 Å². The highest BCUT2D eigenvalue weighted by Crippen LogP contribution is 2.43. The van der Waals surface area contributed by atoms with Gasteiger partial charge in [0.25, 0.3) is 5.91 Å². The SMILES string of the molecule is CCN(CC)CCNC(=O)C1c2ccccc2C(=O)N(C)C1c1c[nH]c2ccccc12. The molecule has 2 amide bonds. The zero-order valence-electron chi connectivity index (χ0n) is 18.4. The molecule has 2 heterocycles. The fraction of sp³-hybridized carbons (Fsp3) is 0.360. The molecule has 2 unspecified atom stereocenters. The Morgan fingerprint density at radius 3 is 2.55 bits per heavy atom. The summed E-state index contributed by atoms with van der Waals surface area (Å²) in [4.78, 5) is 34.0. The molecule has 0 bridgehead atoms. The minimum Gasteiger partial charge on any atom is -0.361 e. The monoisotopic (exact) mass is 418 g/mol. The molecule has 1 aromatic heterocycles. The van der Waals surface area contributed by atoms with Crippen molar-refractivity contribution in [1.82, 2.24) is 20.1 Å². The van der Waals surface area contributed by atoms with Gasteiger partial charge in [0.05, 0.1) is 12.0 Å². The predicted molar refractivity (Wildman–Crippen MR) is 123 cm³/mol. The Labute approximate surface area is 183 Å². The Morgan fingerprint density at radius 1 is 1.06 bits per heavy atom. The van der Waals surface area contributed by atoms with Crippen molar-refractivity contribution < 1.29 is 9.59 Å². The fourth-order valence-corrected chi connectivity index (χ4v) is 4.67. The summed E-state index contributed by atoms with van der Waals surface area (Å²) >= 11 is 0. The van der Waals surface area contributed by atoms with Crippen LogP contribution in [-0.4, -0.2) is 59.8 Å². The first kappa shape index (κ1) is 21.1. The van der Waals surface area contributed by atoms with E-state index in [1.165, 1.54) is 0 Å². The summed E-state index contributed by atoms with van der Waals surface area (Å²) in [7, 11) is 1.79. The number of nitrogens with one attached hydrogen (secondary N) is 2. The van der Waals surface area contributed by atoms with E-state index in [4.69, 9.17) is 0 Å². The lowest BCUT2D eigenvalue weighted by Gasteiger charge is -2.39. The molecule has 2 N–H and O–H groups in total. The lowest BCUT2D eigenvalue weighted by atomic mass is 9.79. The van der Waals surface area contributed by atoms with Crippen molar-refractivity contribution >= 4 is 22.7 Å². The lowest BCUT2D eigenvalue weighted by molar-refractivity contribution is -0.124. The molecule has 31 heavy (non-hydrogen) atoms. The van der Waals surface area contributed by atoms with Crippen LogP contribution in [0.2, 0.25) is 0 Å². The van der Waals surface area contributed by atoms with Crippen molar-refractivity contribution in [1.29, 1.82) is 0 Å². The molecule has 162 valence electrons. The van der Waals surface area contributed by atoms with Gasteiger partial charge in [-0.1, -0.05) is 50.2 Å². The number of fused-ring (bicyclic) bond motifs is 2. The maximum Gasteiger partial charge on any atom is 0.254 e. The number of benzene rings is 2. The quantitative estimate of drug-likeness (QED) is 0.617. The number of para-hydroxylation sites is 1. The number of rotatable bonds is 7. The highest BCUT2D eigenvalue weighted by Gasteiger charge is 2.43. The smallest absolute Gasteiger partial charge is 0.254 e. The molecule has 0 aliphatic carbocycles. The van der Waals surface area contributed by atoms with Crippen LogP contribution in [0.15, 0.2) is 54.7 Å². The largest absolute Gasteiger partial charge is 0.361 e. The Hall–Kier alpha value is -3.12. The van der Waals surface area contributed by atoms with Gasteiger partial charge in [0.2, 0.25) is 5.91 Å². The van der Waals surface area contributed by atoms with Crippen LogP contribution >= 0.6 is 0 Å². The zero-order chi connectivity index (χ0) is 22.0. The predicted octanol–water partition coefficient (Wildman–Crippen LogP) is 3.54. The second-order valence-electron chi connectivity index (χ2n) is 8.03. The van der Waals surface area contributed by atoms with Gasteiger partial charge >= 0.3 is 0 Å². The summed E-state index contributed by atoms with van der Waals surface area (Å²) in [6, 6.07) is 15.1. The van der Waals surface area contributed by atoms with E-state index >= 15 is 0 Å². The standard InChI is InChI=1S/C25H30N4O2/c1-4-29(5-2)15-14-26-24(30)22-18-11-6-7-12-19(18)25(31)28(3)23(22)20-16-27-21-13-9-8-10-17(20)21/h6-13,16,22-23,27H,4-5,14-15H2,1-3H3,(H,26,30). The van der Waals surface area contributed by atoms with Crippen molar-refractivity contribution in [2.45, 2.75) is 25.8 Å². The van der Waals surface area contributed by atoms with E-state index < -0.39 is 5.92 Å². The molecule has 2 atom stereocenters. The van der Waals surface area contributed by atoms with Crippen LogP contribution in [0.3, 0.4) is 0 Å². The molecule has 6 heteroatoms. The van der Waals surface area contributed by atoms with Crippen LogP contribution in [-0.2, 0) is 4.79 Å². The van der Waals surface area contributed by atoms with E-state index in [9.17, 15) is 9.59 Å². The summed E-state index contributed by atoms with van der Waals surface area (Å²) in [5.41, 5.74) is 3.36. The van der Waals surface area contributed by atoms with E-state index in [0.717, 1.165) is 41.7 Å². The number of carbonyl (C=O) groups is 2. The topological polar surface area (TPSA) is 68.4 Å². The second kappa shape index (κ2) is 8.94. The molecular weight excluding hydrogens is 388 g/mol. The number of hydrogen-bond acceptors (Lipinski definition) is 3. The molecule has 6 nitrogen and oxygen atoms in total. The zero-order valence-corrected chi connectivity index (χ0v) is 18.4. The first-order valence-corrected chi connectivity index (χ1v) is 11.0. The molecule has 0 fully saturated rings. The first-order valence-electron chi connectivity index (χ1n) is 11.0. The summed E-state index contributed by atoms with van der Waals surface area (Å²) < 4.78 is 0. The maximum absolute atomic E-state index is 13.5. The van der Waals surface area contributed by atoms with Crippen molar-refractivity contribution in [2.24, 2.45) is 0 Å². The van der Waals surface area contributed by atoms with Gasteiger partial charge in [-0.15, -0.1) is 0 Å². The van der Waals surface area contributed by atoms with Gasteiger partial charge in [-0.3, -0.25) is 9.59 Å². The molecule has 0 spiro atoms. The molecule has 2 aromatic carbocycles. The Bertz CT molecular complexity index is 1090. The van der Waals surface area contributed by atoms with E-state index in [1.54, 1.807) is 11.9 Å². The highest BCUT2D eigenvalue weighted by molar-refractivity contribution is 6.02. The van der Waals surface area contributed by atoms with Crippen molar-refractivity contribution in [2.75, 3.05) is 33.2 Å². The molecule has 3 aromatic rings. The summed E-state index contributed by atoms with van der Waals surface area (Å²) in [6.45, 7) is 7.53. The number of amides is 2. The van der Waals surface area contributed by atoms with E-state index in [0.29, 0.717) is 12.1 Å². The summed E-state index contributed by atoms with van der Waals surface area (Å²) in [6.07, 6.45) is 1.93. The third-order valence-electron chi connectivity index (χ3n) is 6.42. The van der Waals surface area contributed by atoms with Crippen molar-refractivity contribution in [3.63, 3.8) is 0 Å². The van der Waals surface area contributed by atoms with E-state index in [2.05, 4.69) is 29.0 Å². The van der Waals surface area contributed by atoms with Gasteiger partial charge < -0.3 is 20.1 Å². The lowest BCUT2D eigenvalue weighted by Crippen LogP contribution is -2.46. The number of likely N-dealkylation sites (N-methyl/N-ethyl adjacent to an activating group) is 2. The van der Waals surface area contributed by atoms with Gasteiger partial charge in [0.1, 0.15) is 0 Å². The molecule has 0 saturated heterocycles. The average Bonchev–Trinajstić information content (AvgIpc) is 3.22. The molecule has 1 aliphatic rings. The number of aromatic amines is 1. The van der Waals surface area contributed by atoms with Crippen LogP contribution < -0.4 is 5.32 Å². The second-order valence-corrected chi connectivity index (χ2v) is 8.03. The van der Waals surface area contributed by atoms with Gasteiger partial charge in [0.15, 0.2) is 0 Å². The molecule has 0 radical (unpaired) electrons. The summed E-state index contributed by atoms with van der Waals surface area (Å²) in [5, 5.41) is 4.17. The molecular formula is C25H30N4O2. The minimum absolute atomic E-state index is 0.0470. The molecule has 4 rings (SSSR count). The Balaban J connectivity index is 1.73. The van der Waals surface area contributed by atoms with Crippen LogP contribution in [0.4, 0.5) is 0 Å². The van der Waals surface area contributed by atoms with Gasteiger partial charge in [-0.25, -0.2) is 0 Å². The maximum atomic E-state index is 13.5. The number of nitrogens with zero attached hydrogens (tertiary/aromatic N) is 2. The third-order valence-corrected chi connectivity index (χ3v) is 6.42. The number of aromatic nitrogens is 1. The Kier molecular flexibility index (Phi) is 6.09. The summed E-state index contributed by atoms with van der Waals surface area (Å²) in [5.74, 6) is -0.581. The van der Waals surface area contributed by atoms with Gasteiger partial charge in [0, 0.05) is 48.4 Å². The first-order chi connectivity index (χ1) is 15.1. The van der Waals surface area contributed by atoms with Crippen LogP contribution in [0, 0.1) is 0 Å². The third kappa shape index (κ3) is 3.83. The number of H-pyrrole nitrogens is 1. The number of carbonyl (C=O) groups excluding carboxylic acids is 2. The van der Waals surface area contributed by atoms with Crippen LogP contribution in [0.25, 0.3) is 10.9 Å². The van der Waals surface area contributed by atoms with E-state index in [-0.39, 0.29) is 17.9 Å². The van der Waals surface area contributed by atoms with Gasteiger partial charge in [-0.2, -0.15) is 0 Å². The van der Waals surface area contributed by atoms with Crippen molar-refractivity contribution in [3.8, 4) is 0 Å². The van der Waals surface area contributed by atoms with Crippen molar-refractivity contribution in [3.05, 3.63) is 71.4 Å². The number of hydrogen-bond donors (Lipinski definition) is 2. The van der Waals surface area contributed by atoms with E-state index in [1.807, 2.05) is 54.7 Å². The Morgan fingerprint density at radius 2 is 1.77 bits per heavy atom.